The Morgan fingerprint density at radius 1 is 1.53 bits per heavy atom. The number of thiophene rings is 1. The van der Waals surface area contributed by atoms with Gasteiger partial charge in [-0.05, 0) is 54.9 Å². The third kappa shape index (κ3) is 4.78. The molecule has 2 nitrogen and oxygen atoms in total. The standard InChI is InChI=1S/C11H15BrN2S/c1-11(2,8-13)5-6-14-7-9-3-4-10(12)15-9/h3-4,14H,5-7H2,1-2H3. The predicted molar refractivity (Wildman–Crippen MR) is 67.7 cm³/mol. The summed E-state index contributed by atoms with van der Waals surface area (Å²) in [5.41, 5.74) is -0.219. The molecule has 15 heavy (non-hydrogen) atoms. The highest BCUT2D eigenvalue weighted by atomic mass is 79.9. The van der Waals surface area contributed by atoms with Crippen molar-refractivity contribution in [1.82, 2.24) is 5.32 Å². The molecular formula is C11H15BrN2S. The second kappa shape index (κ2) is 5.64. The summed E-state index contributed by atoms with van der Waals surface area (Å²) < 4.78 is 1.16. The van der Waals surface area contributed by atoms with E-state index in [1.807, 2.05) is 13.8 Å². The number of nitrogens with one attached hydrogen (secondary N) is 1. The molecule has 4 heteroatoms. The van der Waals surface area contributed by atoms with E-state index in [9.17, 15) is 0 Å². The van der Waals surface area contributed by atoms with Crippen molar-refractivity contribution >= 4 is 27.3 Å². The lowest BCUT2D eigenvalue weighted by atomic mass is 9.91. The van der Waals surface area contributed by atoms with Crippen molar-refractivity contribution in [2.24, 2.45) is 5.41 Å². The zero-order valence-electron chi connectivity index (χ0n) is 9.01. The fourth-order valence-corrected chi connectivity index (χ4v) is 2.57. The SMILES string of the molecule is CC(C)(C#N)CCNCc1ccc(Br)s1. The molecule has 0 amide bonds. The van der Waals surface area contributed by atoms with E-state index in [2.05, 4.69) is 39.4 Å². The molecule has 82 valence electrons. The van der Waals surface area contributed by atoms with Gasteiger partial charge in [-0.15, -0.1) is 11.3 Å². The van der Waals surface area contributed by atoms with Crippen LogP contribution < -0.4 is 5.32 Å². The van der Waals surface area contributed by atoms with Crippen LogP contribution in [0, 0.1) is 16.7 Å². The van der Waals surface area contributed by atoms with Crippen molar-refractivity contribution in [2.45, 2.75) is 26.8 Å². The molecule has 0 bridgehead atoms. The average molecular weight is 287 g/mol. The van der Waals surface area contributed by atoms with E-state index >= 15 is 0 Å². The molecule has 0 saturated carbocycles. The Kier molecular flexibility index (Phi) is 4.78. The van der Waals surface area contributed by atoms with Crippen LogP contribution in [0.25, 0.3) is 0 Å². The molecule has 1 rings (SSSR count). The smallest absolute Gasteiger partial charge is 0.0701 e. The maximum Gasteiger partial charge on any atom is 0.0701 e. The van der Waals surface area contributed by atoms with E-state index in [-0.39, 0.29) is 5.41 Å². The van der Waals surface area contributed by atoms with Crippen LogP contribution in [0.2, 0.25) is 0 Å². The Morgan fingerprint density at radius 2 is 2.27 bits per heavy atom. The van der Waals surface area contributed by atoms with Gasteiger partial charge in [-0.2, -0.15) is 5.26 Å². The van der Waals surface area contributed by atoms with Gasteiger partial charge in [-0.3, -0.25) is 0 Å². The number of nitriles is 1. The highest BCUT2D eigenvalue weighted by molar-refractivity contribution is 9.11. The number of rotatable bonds is 5. The summed E-state index contributed by atoms with van der Waals surface area (Å²) >= 11 is 5.17. The van der Waals surface area contributed by atoms with E-state index in [4.69, 9.17) is 5.26 Å². The van der Waals surface area contributed by atoms with E-state index in [0.29, 0.717) is 0 Å². The Balaban J connectivity index is 2.21. The van der Waals surface area contributed by atoms with Gasteiger partial charge in [0.2, 0.25) is 0 Å². The van der Waals surface area contributed by atoms with Crippen LogP contribution in [0.5, 0.6) is 0 Å². The van der Waals surface area contributed by atoms with Gasteiger partial charge in [0.05, 0.1) is 15.3 Å². The second-order valence-corrected chi connectivity index (χ2v) is 6.68. The molecule has 1 aromatic rings. The molecule has 1 aromatic heterocycles. The summed E-state index contributed by atoms with van der Waals surface area (Å²) in [5, 5.41) is 12.2. The average Bonchev–Trinajstić information content (AvgIpc) is 2.59. The summed E-state index contributed by atoms with van der Waals surface area (Å²) in [7, 11) is 0. The minimum atomic E-state index is -0.219. The molecule has 0 aliphatic carbocycles. The van der Waals surface area contributed by atoms with E-state index < -0.39 is 0 Å². The third-order valence-corrected chi connectivity index (χ3v) is 3.78. The third-order valence-electron chi connectivity index (χ3n) is 2.16. The largest absolute Gasteiger partial charge is 0.312 e. The van der Waals surface area contributed by atoms with Gasteiger partial charge in [-0.25, -0.2) is 0 Å². The molecule has 1 N–H and O–H groups in total. The first-order valence-corrected chi connectivity index (χ1v) is 6.51. The van der Waals surface area contributed by atoms with Crippen LogP contribution in [0.3, 0.4) is 0 Å². The van der Waals surface area contributed by atoms with Crippen molar-refractivity contribution in [2.75, 3.05) is 6.54 Å². The number of hydrogen-bond acceptors (Lipinski definition) is 3. The lowest BCUT2D eigenvalue weighted by Crippen LogP contribution is -2.20. The Morgan fingerprint density at radius 3 is 2.80 bits per heavy atom. The van der Waals surface area contributed by atoms with Crippen molar-refractivity contribution in [3.63, 3.8) is 0 Å². The highest BCUT2D eigenvalue weighted by Gasteiger charge is 2.15. The minimum absolute atomic E-state index is 0.219. The van der Waals surface area contributed by atoms with Gasteiger partial charge in [0.15, 0.2) is 0 Å². The maximum absolute atomic E-state index is 8.83. The predicted octanol–water partition coefficient (Wildman–Crippen LogP) is 3.54. The summed E-state index contributed by atoms with van der Waals surface area (Å²) in [5.74, 6) is 0. The van der Waals surface area contributed by atoms with Gasteiger partial charge >= 0.3 is 0 Å². The molecule has 0 fully saturated rings. The highest BCUT2D eigenvalue weighted by Crippen LogP contribution is 2.22. The first kappa shape index (κ1) is 12.7. The second-order valence-electron chi connectivity index (χ2n) is 4.13. The minimum Gasteiger partial charge on any atom is -0.312 e. The monoisotopic (exact) mass is 286 g/mol. The molecule has 0 aromatic carbocycles. The molecule has 0 radical (unpaired) electrons. The quantitative estimate of drug-likeness (QED) is 0.841. The molecule has 0 atom stereocenters. The van der Waals surface area contributed by atoms with Crippen LogP contribution in [0.4, 0.5) is 0 Å². The van der Waals surface area contributed by atoms with Gasteiger partial charge in [-0.1, -0.05) is 0 Å². The van der Waals surface area contributed by atoms with Crippen LogP contribution in [0.15, 0.2) is 15.9 Å². The summed E-state index contributed by atoms with van der Waals surface area (Å²) in [4.78, 5) is 1.32. The number of halogens is 1. The van der Waals surface area contributed by atoms with Crippen molar-refractivity contribution in [3.05, 3.63) is 20.8 Å². The molecule has 0 unspecified atom stereocenters. The molecule has 0 aliphatic rings. The van der Waals surface area contributed by atoms with Crippen LogP contribution in [0.1, 0.15) is 25.1 Å². The Bertz CT molecular complexity index is 352. The summed E-state index contributed by atoms with van der Waals surface area (Å²) in [6.45, 7) is 5.71. The lowest BCUT2D eigenvalue weighted by molar-refractivity contribution is 0.433. The van der Waals surface area contributed by atoms with Crippen LogP contribution >= 0.6 is 27.3 Å². The van der Waals surface area contributed by atoms with Crippen LogP contribution in [-0.4, -0.2) is 6.54 Å². The fourth-order valence-electron chi connectivity index (χ4n) is 1.12. The van der Waals surface area contributed by atoms with E-state index in [1.54, 1.807) is 11.3 Å². The Hall–Kier alpha value is -0.370. The molecule has 0 spiro atoms. The van der Waals surface area contributed by atoms with E-state index in [1.165, 1.54) is 4.88 Å². The van der Waals surface area contributed by atoms with Gasteiger partial charge in [0, 0.05) is 11.4 Å². The molecule has 0 saturated heterocycles. The molecular weight excluding hydrogens is 272 g/mol. The number of hydrogen-bond donors (Lipinski definition) is 1. The summed E-state index contributed by atoms with van der Waals surface area (Å²) in [6, 6.07) is 6.46. The summed E-state index contributed by atoms with van der Waals surface area (Å²) in [6.07, 6.45) is 0.885. The Labute approximate surface area is 103 Å². The fraction of sp³-hybridized carbons (Fsp3) is 0.545. The zero-order valence-corrected chi connectivity index (χ0v) is 11.4. The first-order chi connectivity index (χ1) is 7.03. The molecule has 1 heterocycles. The number of nitrogens with zero attached hydrogens (tertiary/aromatic N) is 1. The van der Waals surface area contributed by atoms with E-state index in [0.717, 1.165) is 23.3 Å². The van der Waals surface area contributed by atoms with Crippen LogP contribution in [-0.2, 0) is 6.54 Å². The van der Waals surface area contributed by atoms with Crippen molar-refractivity contribution in [3.8, 4) is 6.07 Å². The topological polar surface area (TPSA) is 35.8 Å². The molecule has 0 aliphatic heterocycles. The first-order valence-electron chi connectivity index (χ1n) is 4.90. The van der Waals surface area contributed by atoms with Gasteiger partial charge in [0.25, 0.3) is 0 Å². The normalized spacial score (nSPS) is 11.3. The van der Waals surface area contributed by atoms with Gasteiger partial charge < -0.3 is 5.32 Å². The van der Waals surface area contributed by atoms with Gasteiger partial charge in [0.1, 0.15) is 0 Å². The lowest BCUT2D eigenvalue weighted by Gasteiger charge is -2.14. The maximum atomic E-state index is 8.83. The van der Waals surface area contributed by atoms with Crippen molar-refractivity contribution < 1.29 is 0 Å². The van der Waals surface area contributed by atoms with Crippen molar-refractivity contribution in [1.29, 1.82) is 5.26 Å². The zero-order chi connectivity index (χ0) is 11.3.